The SMILES string of the molecule is COc1ccc(OCCCN(O)C(C)C)c(C2Sc3ccccc3N2C(C)=O)c1. The Morgan fingerprint density at radius 1 is 1.28 bits per heavy atom. The number of rotatable bonds is 8. The van der Waals surface area contributed by atoms with Gasteiger partial charge in [-0.3, -0.25) is 9.69 Å². The van der Waals surface area contributed by atoms with Gasteiger partial charge in [-0.1, -0.05) is 23.9 Å². The number of hydrogen-bond donors (Lipinski definition) is 1. The minimum Gasteiger partial charge on any atom is -0.497 e. The van der Waals surface area contributed by atoms with E-state index in [1.165, 1.54) is 5.06 Å². The molecular weight excluding hydrogens is 388 g/mol. The van der Waals surface area contributed by atoms with Gasteiger partial charge < -0.3 is 14.7 Å². The lowest BCUT2D eigenvalue weighted by Crippen LogP contribution is -2.29. The molecule has 7 heteroatoms. The van der Waals surface area contributed by atoms with Crippen LogP contribution < -0.4 is 14.4 Å². The Morgan fingerprint density at radius 2 is 2.03 bits per heavy atom. The molecule has 3 rings (SSSR count). The Bertz CT molecular complexity index is 858. The quantitative estimate of drug-likeness (QED) is 0.496. The molecule has 1 unspecified atom stereocenters. The van der Waals surface area contributed by atoms with E-state index in [2.05, 4.69) is 0 Å². The third kappa shape index (κ3) is 4.86. The number of carbonyl (C=O) groups is 1. The number of fused-ring (bicyclic) bond motifs is 1. The molecule has 2 aromatic carbocycles. The van der Waals surface area contributed by atoms with Crippen molar-refractivity contribution in [3.05, 3.63) is 48.0 Å². The van der Waals surface area contributed by atoms with Crippen molar-refractivity contribution in [2.75, 3.05) is 25.2 Å². The number of nitrogens with zero attached hydrogens (tertiary/aromatic N) is 2. The van der Waals surface area contributed by atoms with E-state index in [-0.39, 0.29) is 17.3 Å². The van der Waals surface area contributed by atoms with Gasteiger partial charge in [0.15, 0.2) is 0 Å². The maximum absolute atomic E-state index is 12.5. The van der Waals surface area contributed by atoms with E-state index in [9.17, 15) is 10.0 Å². The minimum atomic E-state index is -0.222. The van der Waals surface area contributed by atoms with Crippen molar-refractivity contribution < 1.29 is 19.5 Å². The molecular formula is C22H28N2O4S. The van der Waals surface area contributed by atoms with Crippen LogP contribution in [0.5, 0.6) is 11.5 Å². The van der Waals surface area contributed by atoms with Gasteiger partial charge in [0.05, 0.1) is 19.4 Å². The maximum Gasteiger partial charge on any atom is 0.225 e. The number of hydrogen-bond acceptors (Lipinski definition) is 6. The molecule has 1 aliphatic rings. The molecule has 0 saturated carbocycles. The molecule has 0 saturated heterocycles. The summed E-state index contributed by atoms with van der Waals surface area (Å²) >= 11 is 1.63. The van der Waals surface area contributed by atoms with Gasteiger partial charge in [0.2, 0.25) is 5.91 Å². The Morgan fingerprint density at radius 3 is 2.72 bits per heavy atom. The van der Waals surface area contributed by atoms with Gasteiger partial charge in [0.25, 0.3) is 0 Å². The molecule has 1 N–H and O–H groups in total. The highest BCUT2D eigenvalue weighted by Crippen LogP contribution is 2.53. The Balaban J connectivity index is 1.83. The number of ether oxygens (including phenoxy) is 2. The summed E-state index contributed by atoms with van der Waals surface area (Å²) in [7, 11) is 1.63. The van der Waals surface area contributed by atoms with E-state index < -0.39 is 0 Å². The van der Waals surface area contributed by atoms with Crippen LogP contribution in [-0.2, 0) is 4.79 Å². The summed E-state index contributed by atoms with van der Waals surface area (Å²) in [6.45, 7) is 6.46. The lowest BCUT2D eigenvalue weighted by Gasteiger charge is -2.26. The topological polar surface area (TPSA) is 62.2 Å². The van der Waals surface area contributed by atoms with Gasteiger partial charge in [0, 0.05) is 30.0 Å². The van der Waals surface area contributed by atoms with Crippen molar-refractivity contribution in [3.63, 3.8) is 0 Å². The van der Waals surface area contributed by atoms with Crippen molar-refractivity contribution in [2.24, 2.45) is 0 Å². The molecule has 29 heavy (non-hydrogen) atoms. The first-order valence-corrected chi connectivity index (χ1v) is 10.6. The zero-order valence-electron chi connectivity index (χ0n) is 17.3. The average molecular weight is 417 g/mol. The predicted molar refractivity (Wildman–Crippen MR) is 115 cm³/mol. The van der Waals surface area contributed by atoms with E-state index in [0.29, 0.717) is 25.3 Å². The molecule has 1 heterocycles. The molecule has 1 amide bonds. The molecule has 0 aromatic heterocycles. The second-order valence-corrected chi connectivity index (χ2v) is 8.31. The first kappa shape index (κ1) is 21.5. The van der Waals surface area contributed by atoms with Crippen molar-refractivity contribution in [1.82, 2.24) is 5.06 Å². The predicted octanol–water partition coefficient (Wildman–Crippen LogP) is 4.72. The summed E-state index contributed by atoms with van der Waals surface area (Å²) in [4.78, 5) is 15.3. The normalized spacial score (nSPS) is 15.7. The molecule has 0 fully saturated rings. The fraction of sp³-hybridized carbons (Fsp3) is 0.409. The van der Waals surface area contributed by atoms with Gasteiger partial charge in [0.1, 0.15) is 16.9 Å². The van der Waals surface area contributed by atoms with E-state index in [0.717, 1.165) is 21.9 Å². The molecule has 6 nitrogen and oxygen atoms in total. The lowest BCUT2D eigenvalue weighted by molar-refractivity contribution is -0.118. The number of para-hydroxylation sites is 1. The molecule has 156 valence electrons. The van der Waals surface area contributed by atoms with Gasteiger partial charge in [-0.05, 0) is 50.6 Å². The fourth-order valence-electron chi connectivity index (χ4n) is 3.24. The molecule has 1 atom stereocenters. The van der Waals surface area contributed by atoms with E-state index in [4.69, 9.17) is 9.47 Å². The van der Waals surface area contributed by atoms with Crippen LogP contribution in [0.2, 0.25) is 0 Å². The summed E-state index contributed by atoms with van der Waals surface area (Å²) in [5.41, 5.74) is 1.81. The second kappa shape index (κ2) is 9.52. The van der Waals surface area contributed by atoms with Crippen LogP contribution in [0, 0.1) is 0 Å². The Labute approximate surface area is 176 Å². The first-order valence-electron chi connectivity index (χ1n) is 9.74. The smallest absolute Gasteiger partial charge is 0.225 e. The largest absolute Gasteiger partial charge is 0.497 e. The van der Waals surface area contributed by atoms with Crippen LogP contribution in [0.3, 0.4) is 0 Å². The van der Waals surface area contributed by atoms with E-state index in [1.54, 1.807) is 30.7 Å². The zero-order chi connectivity index (χ0) is 21.0. The molecule has 2 aromatic rings. The highest BCUT2D eigenvalue weighted by atomic mass is 32.2. The first-order chi connectivity index (χ1) is 13.9. The van der Waals surface area contributed by atoms with Gasteiger partial charge in [-0.2, -0.15) is 5.06 Å². The third-order valence-corrected chi connectivity index (χ3v) is 6.09. The molecule has 0 spiro atoms. The second-order valence-electron chi connectivity index (χ2n) is 7.19. The number of hydroxylamine groups is 2. The Hall–Kier alpha value is -2.22. The molecule has 1 aliphatic heterocycles. The van der Waals surface area contributed by atoms with Crippen molar-refractivity contribution >= 4 is 23.4 Å². The third-order valence-electron chi connectivity index (χ3n) is 4.81. The number of thioether (sulfide) groups is 1. The zero-order valence-corrected chi connectivity index (χ0v) is 18.1. The molecule has 0 radical (unpaired) electrons. The summed E-state index contributed by atoms with van der Waals surface area (Å²) in [6.07, 6.45) is 0.689. The van der Waals surface area contributed by atoms with E-state index >= 15 is 0 Å². The summed E-state index contributed by atoms with van der Waals surface area (Å²) in [6, 6.07) is 13.7. The highest BCUT2D eigenvalue weighted by molar-refractivity contribution is 8.00. The summed E-state index contributed by atoms with van der Waals surface area (Å²) < 4.78 is 11.5. The van der Waals surface area contributed by atoms with E-state index in [1.807, 2.05) is 56.3 Å². The van der Waals surface area contributed by atoms with Crippen LogP contribution in [0.4, 0.5) is 5.69 Å². The molecule has 0 aliphatic carbocycles. The van der Waals surface area contributed by atoms with Crippen LogP contribution >= 0.6 is 11.8 Å². The maximum atomic E-state index is 12.5. The number of methoxy groups -OCH3 is 1. The van der Waals surface area contributed by atoms with Crippen LogP contribution in [0.1, 0.15) is 38.1 Å². The summed E-state index contributed by atoms with van der Waals surface area (Å²) in [5.74, 6) is 1.42. The summed E-state index contributed by atoms with van der Waals surface area (Å²) in [5, 5.41) is 10.9. The molecule has 0 bridgehead atoms. The number of carbonyl (C=O) groups excluding carboxylic acids is 1. The van der Waals surface area contributed by atoms with Crippen molar-refractivity contribution in [2.45, 2.75) is 43.5 Å². The minimum absolute atomic E-state index is 0.0194. The number of amides is 1. The number of anilines is 1. The van der Waals surface area contributed by atoms with Crippen molar-refractivity contribution in [3.8, 4) is 11.5 Å². The standard InChI is InChI=1S/C22H28N2O4S/c1-15(2)23(26)12-7-13-28-20-11-10-17(27-4)14-18(20)22-24(16(3)25)19-8-5-6-9-21(19)29-22/h5-6,8-11,14-15,22,26H,7,12-13H2,1-4H3. The van der Waals surface area contributed by atoms with Crippen LogP contribution in [0.15, 0.2) is 47.4 Å². The van der Waals surface area contributed by atoms with Crippen molar-refractivity contribution in [1.29, 1.82) is 0 Å². The van der Waals surface area contributed by atoms with Gasteiger partial charge in [-0.25, -0.2) is 0 Å². The van der Waals surface area contributed by atoms with Gasteiger partial charge >= 0.3 is 0 Å². The monoisotopic (exact) mass is 416 g/mol. The Kier molecular flexibility index (Phi) is 7.05. The lowest BCUT2D eigenvalue weighted by atomic mass is 10.1. The van der Waals surface area contributed by atoms with Crippen LogP contribution in [-0.4, -0.2) is 42.5 Å². The highest BCUT2D eigenvalue weighted by Gasteiger charge is 2.35. The fourth-order valence-corrected chi connectivity index (χ4v) is 4.60. The van der Waals surface area contributed by atoms with Crippen LogP contribution in [0.25, 0.3) is 0 Å². The van der Waals surface area contributed by atoms with Gasteiger partial charge in [-0.15, -0.1) is 0 Å². The average Bonchev–Trinajstić information content (AvgIpc) is 3.10. The number of benzene rings is 2.